The number of rotatable bonds is 0. The summed E-state index contributed by atoms with van der Waals surface area (Å²) in [5, 5.41) is 14.5. The van der Waals surface area contributed by atoms with Gasteiger partial charge in [0.25, 0.3) is 0 Å². The van der Waals surface area contributed by atoms with Gasteiger partial charge >= 0.3 is 0 Å². The molecule has 3 aliphatic rings. The van der Waals surface area contributed by atoms with Crippen molar-refractivity contribution in [3.05, 3.63) is 6.33 Å². The fourth-order valence-corrected chi connectivity index (χ4v) is 3.44. The summed E-state index contributed by atoms with van der Waals surface area (Å²) in [4.78, 5) is 12.7. The lowest BCUT2D eigenvalue weighted by Crippen LogP contribution is -2.66. The van der Waals surface area contributed by atoms with Gasteiger partial charge < -0.3 is 15.6 Å². The van der Waals surface area contributed by atoms with Crippen LogP contribution in [0.2, 0.25) is 0 Å². The molecule has 9 heteroatoms. The van der Waals surface area contributed by atoms with Gasteiger partial charge in [-0.2, -0.15) is 0 Å². The predicted molar refractivity (Wildman–Crippen MR) is 68.5 cm³/mol. The van der Waals surface area contributed by atoms with Gasteiger partial charge in [-0.15, -0.1) is 0 Å². The van der Waals surface area contributed by atoms with E-state index in [1.807, 2.05) is 16.6 Å². The van der Waals surface area contributed by atoms with Crippen LogP contribution in [-0.2, 0) is 4.74 Å². The third-order valence-electron chi connectivity index (χ3n) is 4.46. The number of anilines is 2. The molecule has 3 aliphatic heterocycles. The summed E-state index contributed by atoms with van der Waals surface area (Å²) >= 11 is 0. The van der Waals surface area contributed by atoms with Gasteiger partial charge in [-0.05, 0) is 0 Å². The smallest absolute Gasteiger partial charge is 0.224 e. The molecule has 20 heavy (non-hydrogen) atoms. The van der Waals surface area contributed by atoms with Crippen molar-refractivity contribution in [2.45, 2.75) is 24.5 Å². The Morgan fingerprint density at radius 2 is 2.30 bits per heavy atom. The molecule has 3 N–H and O–H groups in total. The fourth-order valence-electron chi connectivity index (χ4n) is 3.44. The molecule has 2 aromatic heterocycles. The number of hydrazine groups is 1. The summed E-state index contributed by atoms with van der Waals surface area (Å²) < 4.78 is 7.74. The standard InChI is InChI=1S/C11H13N7O2/c1-16-11-15-5-8(12)13-3-14-9(5)18(11)10-7(19)6-4(20-10)2-17(6)16/h3-4,6-7,10,19H,2H2,1H3,(H2,12,13,14). The molecule has 0 spiro atoms. The monoisotopic (exact) mass is 275 g/mol. The van der Waals surface area contributed by atoms with E-state index in [2.05, 4.69) is 20.0 Å². The number of nitrogen functional groups attached to an aromatic ring is 1. The molecule has 4 atom stereocenters. The Labute approximate surface area is 113 Å². The van der Waals surface area contributed by atoms with E-state index in [0.717, 1.165) is 6.54 Å². The molecule has 2 fully saturated rings. The molecule has 5 heterocycles. The Balaban J connectivity index is 1.85. The Bertz CT molecular complexity index is 731. The third kappa shape index (κ3) is 1.00. The maximum absolute atomic E-state index is 10.5. The first-order valence-electron chi connectivity index (χ1n) is 6.49. The highest BCUT2D eigenvalue weighted by Crippen LogP contribution is 2.46. The van der Waals surface area contributed by atoms with Gasteiger partial charge in [0.1, 0.15) is 12.4 Å². The molecule has 4 unspecified atom stereocenters. The Morgan fingerprint density at radius 3 is 3.15 bits per heavy atom. The van der Waals surface area contributed by atoms with Crippen molar-refractivity contribution in [3.63, 3.8) is 0 Å². The Hall–Kier alpha value is -1.97. The molecule has 0 aromatic carbocycles. The van der Waals surface area contributed by atoms with Gasteiger partial charge in [0, 0.05) is 13.6 Å². The van der Waals surface area contributed by atoms with Gasteiger partial charge in [0.05, 0.1) is 12.1 Å². The van der Waals surface area contributed by atoms with Crippen LogP contribution in [-0.4, -0.2) is 61.5 Å². The summed E-state index contributed by atoms with van der Waals surface area (Å²) in [5.41, 5.74) is 6.99. The van der Waals surface area contributed by atoms with Gasteiger partial charge in [-0.1, -0.05) is 0 Å². The summed E-state index contributed by atoms with van der Waals surface area (Å²) in [5.74, 6) is 0.993. The molecule has 5 rings (SSSR count). The molecule has 0 aliphatic carbocycles. The molecular formula is C11H13N7O2. The van der Waals surface area contributed by atoms with Crippen molar-refractivity contribution in [2.75, 3.05) is 24.3 Å². The second-order valence-corrected chi connectivity index (χ2v) is 5.40. The molecule has 2 saturated heterocycles. The van der Waals surface area contributed by atoms with E-state index in [0.29, 0.717) is 22.9 Å². The van der Waals surface area contributed by atoms with Crippen molar-refractivity contribution in [3.8, 4) is 0 Å². The van der Waals surface area contributed by atoms with E-state index in [9.17, 15) is 5.11 Å². The van der Waals surface area contributed by atoms with Crippen LogP contribution in [0.1, 0.15) is 6.23 Å². The van der Waals surface area contributed by atoms with Gasteiger partial charge in [-0.3, -0.25) is 9.58 Å². The average molecular weight is 275 g/mol. The first-order chi connectivity index (χ1) is 9.66. The summed E-state index contributed by atoms with van der Waals surface area (Å²) in [6.07, 6.45) is 0.375. The minimum absolute atomic E-state index is 0.0130. The maximum atomic E-state index is 10.5. The summed E-state index contributed by atoms with van der Waals surface area (Å²) in [6.45, 7) is 0.763. The molecule has 0 saturated carbocycles. The first-order valence-corrected chi connectivity index (χ1v) is 6.49. The number of aliphatic hydroxyl groups is 1. The Morgan fingerprint density at radius 1 is 1.45 bits per heavy atom. The molecule has 104 valence electrons. The predicted octanol–water partition coefficient (Wildman–Crippen LogP) is -1.28. The zero-order chi connectivity index (χ0) is 13.6. The number of hydrogen-bond donors (Lipinski definition) is 2. The van der Waals surface area contributed by atoms with E-state index >= 15 is 0 Å². The highest BCUT2D eigenvalue weighted by Gasteiger charge is 2.59. The molecular weight excluding hydrogens is 262 g/mol. The second-order valence-electron chi connectivity index (χ2n) is 5.40. The lowest BCUT2D eigenvalue weighted by Gasteiger charge is -2.48. The highest BCUT2D eigenvalue weighted by molar-refractivity contribution is 5.84. The minimum Gasteiger partial charge on any atom is -0.387 e. The average Bonchev–Trinajstić information content (AvgIpc) is 2.84. The van der Waals surface area contributed by atoms with Crippen molar-refractivity contribution in [2.24, 2.45) is 0 Å². The van der Waals surface area contributed by atoms with Crippen molar-refractivity contribution in [1.82, 2.24) is 24.5 Å². The number of hydrogen-bond acceptors (Lipinski definition) is 8. The highest BCUT2D eigenvalue weighted by atomic mass is 16.5. The van der Waals surface area contributed by atoms with Crippen molar-refractivity contribution in [1.29, 1.82) is 0 Å². The number of nitrogens with zero attached hydrogens (tertiary/aromatic N) is 6. The topological polar surface area (TPSA) is 106 Å². The third-order valence-corrected chi connectivity index (χ3v) is 4.46. The zero-order valence-corrected chi connectivity index (χ0v) is 10.7. The van der Waals surface area contributed by atoms with E-state index in [1.54, 1.807) is 0 Å². The maximum Gasteiger partial charge on any atom is 0.224 e. The van der Waals surface area contributed by atoms with Crippen LogP contribution in [0.15, 0.2) is 6.33 Å². The van der Waals surface area contributed by atoms with Crippen molar-refractivity contribution < 1.29 is 9.84 Å². The van der Waals surface area contributed by atoms with Crippen LogP contribution in [0.5, 0.6) is 0 Å². The van der Waals surface area contributed by atoms with Crippen molar-refractivity contribution >= 4 is 22.9 Å². The SMILES string of the molecule is CN1c2nc3c(N)ncnc3n2C2OC3CN1C3C2O. The summed E-state index contributed by atoms with van der Waals surface area (Å²) in [6, 6.07) is -0.0130. The minimum atomic E-state index is -0.606. The fraction of sp³-hybridized carbons (Fsp3) is 0.545. The lowest BCUT2D eigenvalue weighted by molar-refractivity contribution is -0.0865. The van der Waals surface area contributed by atoms with Crippen LogP contribution in [0, 0.1) is 0 Å². The molecule has 2 bridgehead atoms. The summed E-state index contributed by atoms with van der Waals surface area (Å²) in [7, 11) is 1.92. The number of fused-ring (bicyclic) bond motifs is 5. The van der Waals surface area contributed by atoms with Crippen LogP contribution >= 0.6 is 0 Å². The van der Waals surface area contributed by atoms with Gasteiger partial charge in [0.15, 0.2) is 23.2 Å². The zero-order valence-electron chi connectivity index (χ0n) is 10.7. The van der Waals surface area contributed by atoms with Crippen LogP contribution in [0.4, 0.5) is 11.8 Å². The number of aromatic nitrogens is 4. The molecule has 0 amide bonds. The largest absolute Gasteiger partial charge is 0.387 e. The number of ether oxygens (including phenoxy) is 1. The quantitative estimate of drug-likeness (QED) is 0.612. The van der Waals surface area contributed by atoms with Gasteiger partial charge in [0.2, 0.25) is 5.95 Å². The second kappa shape index (κ2) is 3.19. The number of nitrogens with two attached hydrogens (primary N) is 1. The van der Waals surface area contributed by atoms with Crippen LogP contribution < -0.4 is 10.7 Å². The molecule has 2 aromatic rings. The Kier molecular flexibility index (Phi) is 1.72. The lowest BCUT2D eigenvalue weighted by atomic mass is 9.99. The number of imidazole rings is 1. The van der Waals surface area contributed by atoms with Crippen LogP contribution in [0.3, 0.4) is 0 Å². The van der Waals surface area contributed by atoms with E-state index < -0.39 is 12.3 Å². The molecule has 0 radical (unpaired) electrons. The number of aliphatic hydroxyl groups excluding tert-OH is 1. The van der Waals surface area contributed by atoms with E-state index in [4.69, 9.17) is 10.5 Å². The van der Waals surface area contributed by atoms with E-state index in [1.165, 1.54) is 6.33 Å². The van der Waals surface area contributed by atoms with Crippen LogP contribution in [0.25, 0.3) is 11.2 Å². The van der Waals surface area contributed by atoms with Gasteiger partial charge in [-0.25, -0.2) is 20.0 Å². The normalized spacial score (nSPS) is 35.0. The molecule has 9 nitrogen and oxygen atoms in total. The van der Waals surface area contributed by atoms with E-state index in [-0.39, 0.29) is 12.1 Å². The first kappa shape index (κ1) is 10.8.